The van der Waals surface area contributed by atoms with Crippen molar-refractivity contribution in [3.63, 3.8) is 0 Å². The number of nitrogens with one attached hydrogen (secondary N) is 1. The summed E-state index contributed by atoms with van der Waals surface area (Å²) >= 11 is 0. The van der Waals surface area contributed by atoms with Gasteiger partial charge in [0.05, 0.1) is 0 Å². The summed E-state index contributed by atoms with van der Waals surface area (Å²) < 4.78 is 0. The molecule has 3 unspecified atom stereocenters. The van der Waals surface area contributed by atoms with Crippen LogP contribution in [0.25, 0.3) is 0 Å². The summed E-state index contributed by atoms with van der Waals surface area (Å²) in [5.41, 5.74) is 0. The van der Waals surface area contributed by atoms with Crippen LogP contribution in [0.4, 0.5) is 0 Å². The Balaban J connectivity index is 2.11. The molecule has 18 heavy (non-hydrogen) atoms. The van der Waals surface area contributed by atoms with Crippen molar-refractivity contribution in [3.05, 3.63) is 0 Å². The third kappa shape index (κ3) is 6.19. The molecule has 108 valence electrons. The maximum Gasteiger partial charge on any atom is 0.00720 e. The van der Waals surface area contributed by atoms with E-state index < -0.39 is 0 Å². The van der Waals surface area contributed by atoms with Gasteiger partial charge in [-0.25, -0.2) is 0 Å². The fourth-order valence-corrected chi connectivity index (χ4v) is 3.23. The fourth-order valence-electron chi connectivity index (χ4n) is 3.23. The van der Waals surface area contributed by atoms with Gasteiger partial charge in [-0.1, -0.05) is 33.6 Å². The van der Waals surface area contributed by atoms with E-state index in [2.05, 4.69) is 37.9 Å². The SMILES string of the molecule is CCN(CC)CCCC(C)NC1CCCC(C)C1. The Labute approximate surface area is 115 Å². The number of hydrogen-bond donors (Lipinski definition) is 1. The van der Waals surface area contributed by atoms with E-state index in [-0.39, 0.29) is 0 Å². The minimum absolute atomic E-state index is 0.691. The van der Waals surface area contributed by atoms with Crippen molar-refractivity contribution in [2.75, 3.05) is 19.6 Å². The molecule has 1 fully saturated rings. The van der Waals surface area contributed by atoms with Gasteiger partial charge in [-0.15, -0.1) is 0 Å². The summed E-state index contributed by atoms with van der Waals surface area (Å²) in [5.74, 6) is 0.930. The van der Waals surface area contributed by atoms with E-state index in [0.29, 0.717) is 6.04 Å². The zero-order chi connectivity index (χ0) is 13.4. The molecule has 3 atom stereocenters. The van der Waals surface area contributed by atoms with Crippen molar-refractivity contribution in [2.24, 2.45) is 5.92 Å². The summed E-state index contributed by atoms with van der Waals surface area (Å²) in [6, 6.07) is 1.48. The molecule has 0 bridgehead atoms. The van der Waals surface area contributed by atoms with Crippen molar-refractivity contribution in [3.8, 4) is 0 Å². The van der Waals surface area contributed by atoms with Gasteiger partial charge in [0.1, 0.15) is 0 Å². The molecule has 0 radical (unpaired) electrons. The second kappa shape index (κ2) is 8.92. The lowest BCUT2D eigenvalue weighted by molar-refractivity contribution is 0.264. The van der Waals surface area contributed by atoms with Crippen molar-refractivity contribution in [1.29, 1.82) is 0 Å². The van der Waals surface area contributed by atoms with Crippen molar-refractivity contribution >= 4 is 0 Å². The van der Waals surface area contributed by atoms with Gasteiger partial charge in [0, 0.05) is 12.1 Å². The summed E-state index contributed by atoms with van der Waals surface area (Å²) in [4.78, 5) is 2.52. The molecule has 0 aliphatic heterocycles. The van der Waals surface area contributed by atoms with Crippen molar-refractivity contribution in [1.82, 2.24) is 10.2 Å². The highest BCUT2D eigenvalue weighted by Crippen LogP contribution is 2.24. The molecule has 2 nitrogen and oxygen atoms in total. The lowest BCUT2D eigenvalue weighted by Crippen LogP contribution is -2.39. The highest BCUT2D eigenvalue weighted by Gasteiger charge is 2.19. The Bertz CT molecular complexity index is 201. The first kappa shape index (κ1) is 16.0. The second-order valence-electron chi connectivity index (χ2n) is 6.21. The molecule has 0 amide bonds. The first-order valence-electron chi connectivity index (χ1n) is 8.14. The zero-order valence-electron chi connectivity index (χ0n) is 13.0. The molecule has 1 N–H and O–H groups in total. The Kier molecular flexibility index (Phi) is 7.92. The molecule has 0 aromatic carbocycles. The van der Waals surface area contributed by atoms with E-state index in [4.69, 9.17) is 0 Å². The third-order valence-corrected chi connectivity index (χ3v) is 4.46. The topological polar surface area (TPSA) is 15.3 Å². The summed E-state index contributed by atoms with van der Waals surface area (Å²) in [6.07, 6.45) is 8.30. The lowest BCUT2D eigenvalue weighted by atomic mass is 9.86. The zero-order valence-corrected chi connectivity index (χ0v) is 13.0. The smallest absolute Gasteiger partial charge is 0.00720 e. The largest absolute Gasteiger partial charge is 0.311 e. The number of hydrogen-bond acceptors (Lipinski definition) is 2. The van der Waals surface area contributed by atoms with Crippen LogP contribution >= 0.6 is 0 Å². The van der Waals surface area contributed by atoms with Crippen LogP contribution < -0.4 is 5.32 Å². The van der Waals surface area contributed by atoms with Gasteiger partial charge >= 0.3 is 0 Å². The molecule has 0 saturated heterocycles. The van der Waals surface area contributed by atoms with Crippen molar-refractivity contribution < 1.29 is 0 Å². The summed E-state index contributed by atoms with van der Waals surface area (Å²) in [6.45, 7) is 12.9. The van der Waals surface area contributed by atoms with Crippen LogP contribution in [0.3, 0.4) is 0 Å². The number of rotatable bonds is 8. The highest BCUT2D eigenvalue weighted by molar-refractivity contribution is 4.78. The highest BCUT2D eigenvalue weighted by atomic mass is 15.1. The van der Waals surface area contributed by atoms with Gasteiger partial charge in [0.25, 0.3) is 0 Å². The number of nitrogens with zero attached hydrogens (tertiary/aromatic N) is 1. The Morgan fingerprint density at radius 1 is 1.22 bits per heavy atom. The van der Waals surface area contributed by atoms with Gasteiger partial charge < -0.3 is 10.2 Å². The van der Waals surface area contributed by atoms with Crippen LogP contribution in [0.1, 0.15) is 66.2 Å². The molecule has 0 aromatic rings. The molecule has 2 heteroatoms. The quantitative estimate of drug-likeness (QED) is 0.711. The van der Waals surface area contributed by atoms with Crippen LogP contribution in [0, 0.1) is 5.92 Å². The minimum atomic E-state index is 0.691. The van der Waals surface area contributed by atoms with Crippen LogP contribution in [-0.4, -0.2) is 36.6 Å². The monoisotopic (exact) mass is 254 g/mol. The molecular weight excluding hydrogens is 220 g/mol. The molecule has 0 heterocycles. The first-order chi connectivity index (χ1) is 8.65. The second-order valence-corrected chi connectivity index (χ2v) is 6.21. The molecule has 1 aliphatic carbocycles. The van der Waals surface area contributed by atoms with Crippen LogP contribution in [0.5, 0.6) is 0 Å². The fraction of sp³-hybridized carbons (Fsp3) is 1.00. The van der Waals surface area contributed by atoms with E-state index in [1.165, 1.54) is 58.2 Å². The van der Waals surface area contributed by atoms with Gasteiger partial charge in [0.15, 0.2) is 0 Å². The summed E-state index contributed by atoms with van der Waals surface area (Å²) in [7, 11) is 0. The van der Waals surface area contributed by atoms with E-state index in [0.717, 1.165) is 12.0 Å². The average Bonchev–Trinajstić information content (AvgIpc) is 2.34. The average molecular weight is 254 g/mol. The molecular formula is C16H34N2. The Morgan fingerprint density at radius 2 is 1.94 bits per heavy atom. The Hall–Kier alpha value is -0.0800. The van der Waals surface area contributed by atoms with E-state index in [1.54, 1.807) is 0 Å². The van der Waals surface area contributed by atoms with E-state index >= 15 is 0 Å². The van der Waals surface area contributed by atoms with Crippen LogP contribution in [0.2, 0.25) is 0 Å². The Morgan fingerprint density at radius 3 is 2.56 bits per heavy atom. The van der Waals surface area contributed by atoms with E-state index in [1.807, 2.05) is 0 Å². The molecule has 1 rings (SSSR count). The third-order valence-electron chi connectivity index (χ3n) is 4.46. The van der Waals surface area contributed by atoms with Crippen LogP contribution in [0.15, 0.2) is 0 Å². The maximum absolute atomic E-state index is 3.84. The van der Waals surface area contributed by atoms with Gasteiger partial charge in [-0.05, 0) is 58.2 Å². The molecule has 1 aliphatic rings. The van der Waals surface area contributed by atoms with Gasteiger partial charge in [-0.2, -0.15) is 0 Å². The van der Waals surface area contributed by atoms with Crippen molar-refractivity contribution in [2.45, 2.75) is 78.3 Å². The normalized spacial score (nSPS) is 26.5. The molecule has 0 spiro atoms. The van der Waals surface area contributed by atoms with Gasteiger partial charge in [0.2, 0.25) is 0 Å². The standard InChI is InChI=1S/C16H34N2/c1-5-18(6-2)12-8-10-15(4)17-16-11-7-9-14(3)13-16/h14-17H,5-13H2,1-4H3. The van der Waals surface area contributed by atoms with Gasteiger partial charge in [-0.3, -0.25) is 0 Å². The van der Waals surface area contributed by atoms with Crippen LogP contribution in [-0.2, 0) is 0 Å². The maximum atomic E-state index is 3.84. The molecule has 1 saturated carbocycles. The lowest BCUT2D eigenvalue weighted by Gasteiger charge is -2.30. The first-order valence-corrected chi connectivity index (χ1v) is 8.14. The summed E-state index contributed by atoms with van der Waals surface area (Å²) in [5, 5.41) is 3.84. The molecule has 0 aromatic heterocycles. The predicted molar refractivity (Wildman–Crippen MR) is 81.0 cm³/mol. The van der Waals surface area contributed by atoms with E-state index in [9.17, 15) is 0 Å². The minimum Gasteiger partial charge on any atom is -0.311 e. The predicted octanol–water partition coefficient (Wildman–Crippen LogP) is 3.67.